The molecule has 0 atom stereocenters. The molecule has 0 aliphatic rings. The Morgan fingerprint density at radius 1 is 0.750 bits per heavy atom. The minimum atomic E-state index is 0. The van der Waals surface area contributed by atoms with Crippen LogP contribution in [0.25, 0.3) is 0 Å². The maximum atomic E-state index is 0. The predicted octanol–water partition coefficient (Wildman–Crippen LogP) is -3.40. The summed E-state index contributed by atoms with van der Waals surface area (Å²) in [6, 6.07) is 0. The molecule has 0 unspecified atom stereocenters. The molecule has 0 heterocycles. The zero-order valence-electron chi connectivity index (χ0n) is 0. The molecule has 0 aromatic carbocycles. The van der Waals surface area contributed by atoms with Crippen LogP contribution in [0.15, 0.2) is 0 Å². The molecule has 0 N–H and O–H groups in total. The molecule has 0 nitrogen and oxygen atoms in total. The van der Waals surface area contributed by atoms with Crippen molar-refractivity contribution in [3.05, 3.63) is 0 Å². The summed E-state index contributed by atoms with van der Waals surface area (Å²) in [4.78, 5) is 0. The van der Waals surface area contributed by atoms with Crippen LogP contribution in [0.5, 0.6) is 0 Å². The third-order valence-electron chi connectivity index (χ3n) is 0. The van der Waals surface area contributed by atoms with E-state index >= 15 is 0 Å². The monoisotopic (exact) mass is 120 g/mol. The molecule has 0 rings (SSSR count). The Kier molecular flexibility index (Phi) is 99.0. The molecule has 0 aromatic heterocycles. The van der Waals surface area contributed by atoms with Gasteiger partial charge < -0.3 is 0 Å². The van der Waals surface area contributed by atoms with E-state index in [2.05, 4.69) is 0 Å². The molecule has 0 radical (unpaired) electrons. The van der Waals surface area contributed by atoms with Gasteiger partial charge in [-0.15, -0.1) is 0 Å². The molecule has 0 fully saturated rings. The van der Waals surface area contributed by atoms with Crippen molar-refractivity contribution in [1.82, 2.24) is 0 Å². The number of hydrogen-bond donors (Lipinski definition) is 0. The Balaban J connectivity index is 0. The van der Waals surface area contributed by atoms with Crippen LogP contribution >= 0.6 is 0 Å². The minimum absolute atomic E-state index is 0. The molecule has 0 saturated heterocycles. The van der Waals surface area contributed by atoms with Gasteiger partial charge in [0.05, 0.1) is 0 Å². The van der Waals surface area contributed by atoms with E-state index < -0.39 is 0 Å². The van der Waals surface area contributed by atoms with E-state index in [-0.39, 0.29) is 114 Å². The van der Waals surface area contributed by atoms with Crippen molar-refractivity contribution in [1.29, 1.82) is 0 Å². The summed E-state index contributed by atoms with van der Waals surface area (Å²) in [7, 11) is 0. The van der Waals surface area contributed by atoms with Gasteiger partial charge in [0.2, 0.25) is 0 Å². The van der Waals surface area contributed by atoms with Crippen LogP contribution in [-0.2, 0) is 0 Å². The van der Waals surface area contributed by atoms with Crippen LogP contribution in [0, 0.1) is 0 Å². The first-order valence-electron chi connectivity index (χ1n) is 0. The van der Waals surface area contributed by atoms with E-state index in [0.29, 0.717) is 0 Å². The first kappa shape index (κ1) is 25.0. The molecule has 4 heavy (non-hydrogen) atoms. The van der Waals surface area contributed by atoms with Gasteiger partial charge in [-0.2, -0.15) is 0 Å². The van der Waals surface area contributed by atoms with Gasteiger partial charge in [-0.25, -0.2) is 0 Å². The molecule has 14 valence electrons. The summed E-state index contributed by atoms with van der Waals surface area (Å²) in [5.74, 6) is 0. The first-order chi connectivity index (χ1) is 0. The Hall–Kier alpha value is 3.79. The summed E-state index contributed by atoms with van der Waals surface area (Å²) < 4.78 is 0. The maximum absolute atomic E-state index is 0. The van der Waals surface area contributed by atoms with Gasteiger partial charge in [0.1, 0.15) is 0 Å². The molecular formula is H7AlCaNa2. The summed E-state index contributed by atoms with van der Waals surface area (Å²) in [5.41, 5.74) is 0. The van der Waals surface area contributed by atoms with Crippen LogP contribution in [0.3, 0.4) is 0 Å². The van der Waals surface area contributed by atoms with Crippen molar-refractivity contribution in [2.24, 2.45) is 0 Å². The SMILES string of the molecule is [AlH3].[CaH2].[NaH].[NaH]. The zero-order valence-corrected chi connectivity index (χ0v) is 0. The summed E-state index contributed by atoms with van der Waals surface area (Å²) in [6.45, 7) is 0. The standard InChI is InChI=1S/Al.Ca.2Na.7H. The van der Waals surface area contributed by atoms with Crippen molar-refractivity contribution in [2.45, 2.75) is 0 Å². The van der Waals surface area contributed by atoms with Crippen LogP contribution in [0.1, 0.15) is 0 Å². The quantitative estimate of drug-likeness (QED) is 0.292. The molecule has 0 aliphatic heterocycles. The molecule has 0 saturated carbocycles. The first-order valence-corrected chi connectivity index (χ1v) is 0. The summed E-state index contributed by atoms with van der Waals surface area (Å²) in [5, 5.41) is 0. The average molecular weight is 120 g/mol. The topological polar surface area (TPSA) is 0 Å². The molecule has 0 amide bonds. The molecule has 0 spiro atoms. The van der Waals surface area contributed by atoms with Crippen molar-refractivity contribution in [3.63, 3.8) is 0 Å². The fraction of sp³-hybridized carbons (Fsp3) is 0. The van der Waals surface area contributed by atoms with Gasteiger partial charge in [-0.3, -0.25) is 0 Å². The van der Waals surface area contributed by atoms with Crippen molar-refractivity contribution < 1.29 is 0 Å². The third kappa shape index (κ3) is 9.25. The Morgan fingerprint density at radius 3 is 0.750 bits per heavy atom. The van der Waals surface area contributed by atoms with Gasteiger partial charge >= 0.3 is 96.9 Å². The third-order valence-corrected chi connectivity index (χ3v) is 0. The van der Waals surface area contributed by atoms with Crippen LogP contribution in [0.2, 0.25) is 0 Å². The average Bonchev–Trinajstić information content (AvgIpc) is 0. The predicted molar refractivity (Wildman–Crippen MR) is 32.8 cm³/mol. The molecular weight excluding hydrogens is 113 g/mol. The molecule has 0 aliphatic carbocycles. The Bertz CT molecular complexity index is 6.00. The van der Waals surface area contributed by atoms with Gasteiger partial charge in [-0.05, 0) is 0 Å². The Labute approximate surface area is 111 Å². The fourth-order valence-corrected chi connectivity index (χ4v) is 0. The van der Waals surface area contributed by atoms with Crippen LogP contribution in [0.4, 0.5) is 0 Å². The van der Waals surface area contributed by atoms with Crippen molar-refractivity contribution in [2.75, 3.05) is 0 Å². The molecule has 0 bridgehead atoms. The van der Waals surface area contributed by atoms with Crippen molar-refractivity contribution >= 4 is 114 Å². The van der Waals surface area contributed by atoms with E-state index in [0.717, 1.165) is 0 Å². The van der Waals surface area contributed by atoms with Gasteiger partial charge in [0.25, 0.3) is 0 Å². The second kappa shape index (κ2) is 15.8. The number of rotatable bonds is 0. The summed E-state index contributed by atoms with van der Waals surface area (Å²) in [6.07, 6.45) is 0. The van der Waals surface area contributed by atoms with E-state index in [9.17, 15) is 0 Å². The van der Waals surface area contributed by atoms with Gasteiger partial charge in [-0.1, -0.05) is 0 Å². The van der Waals surface area contributed by atoms with Gasteiger partial charge in [0, 0.05) is 0 Å². The fourth-order valence-electron chi connectivity index (χ4n) is 0. The second-order valence-electron chi connectivity index (χ2n) is 0. The normalized spacial score (nSPS) is 0. The summed E-state index contributed by atoms with van der Waals surface area (Å²) >= 11 is 0. The molecule has 0 aromatic rings. The van der Waals surface area contributed by atoms with E-state index in [4.69, 9.17) is 0 Å². The number of hydrogen-bond acceptors (Lipinski definition) is 0. The van der Waals surface area contributed by atoms with Crippen LogP contribution in [-0.4, -0.2) is 114 Å². The van der Waals surface area contributed by atoms with Gasteiger partial charge in [0.15, 0.2) is 17.4 Å². The zero-order chi connectivity index (χ0) is 0. The van der Waals surface area contributed by atoms with Crippen LogP contribution < -0.4 is 0 Å². The van der Waals surface area contributed by atoms with Crippen molar-refractivity contribution in [3.8, 4) is 0 Å². The van der Waals surface area contributed by atoms with E-state index in [1.165, 1.54) is 0 Å². The van der Waals surface area contributed by atoms with E-state index in [1.807, 2.05) is 0 Å². The van der Waals surface area contributed by atoms with E-state index in [1.54, 1.807) is 0 Å². The Morgan fingerprint density at radius 2 is 0.750 bits per heavy atom. The second-order valence-corrected chi connectivity index (χ2v) is 0. The molecule has 4 heteroatoms.